The third kappa shape index (κ3) is 3.53. The van der Waals surface area contributed by atoms with E-state index in [1.54, 1.807) is 20.8 Å². The molecule has 0 fully saturated rings. The Morgan fingerprint density at radius 1 is 1.60 bits per heavy atom. The molecule has 0 aromatic heterocycles. The molecule has 1 heterocycles. The molecule has 1 aliphatic rings. The van der Waals surface area contributed by atoms with Crippen LogP contribution in [0.25, 0.3) is 0 Å². The molecular weight excluding hydrogens is 196 g/mol. The number of aliphatic imine (C=N–C) groups is 1. The third-order valence-electron chi connectivity index (χ3n) is 1.58. The molecule has 15 heavy (non-hydrogen) atoms. The first kappa shape index (κ1) is 11.4. The van der Waals surface area contributed by atoms with Gasteiger partial charge in [-0.2, -0.15) is 0 Å². The molecule has 1 aliphatic heterocycles. The number of hydrogen-bond donors (Lipinski definition) is 0. The minimum Gasteiger partial charge on any atom is -0.443 e. The first-order valence-corrected chi connectivity index (χ1v) is 4.60. The largest absolute Gasteiger partial charge is 0.443 e. The van der Waals surface area contributed by atoms with Gasteiger partial charge in [-0.1, -0.05) is 0 Å². The summed E-state index contributed by atoms with van der Waals surface area (Å²) in [6, 6.07) is 0. The summed E-state index contributed by atoms with van der Waals surface area (Å²) in [5.74, 6) is 0. The number of aldehydes is 1. The van der Waals surface area contributed by atoms with Gasteiger partial charge in [-0.15, -0.1) is 0 Å². The van der Waals surface area contributed by atoms with E-state index in [9.17, 15) is 9.59 Å². The summed E-state index contributed by atoms with van der Waals surface area (Å²) in [5.41, 5.74) is -0.200. The van der Waals surface area contributed by atoms with Crippen molar-refractivity contribution in [2.24, 2.45) is 4.99 Å². The van der Waals surface area contributed by atoms with Gasteiger partial charge in [0.2, 0.25) is 0 Å². The number of carbonyl (C=O) groups excluding carboxylic acids is 2. The summed E-state index contributed by atoms with van der Waals surface area (Å²) in [6.45, 7) is 5.50. The van der Waals surface area contributed by atoms with Crippen LogP contribution in [0.4, 0.5) is 4.79 Å². The van der Waals surface area contributed by atoms with Crippen LogP contribution in [0, 0.1) is 0 Å². The molecule has 5 nitrogen and oxygen atoms in total. The molecule has 0 aromatic carbocycles. The van der Waals surface area contributed by atoms with E-state index in [2.05, 4.69) is 4.99 Å². The second kappa shape index (κ2) is 4.25. The summed E-state index contributed by atoms with van der Waals surface area (Å²) in [5, 5.41) is 0. The lowest BCUT2D eigenvalue weighted by atomic mass is 10.2. The Morgan fingerprint density at radius 3 is 2.67 bits per heavy atom. The molecule has 0 aliphatic carbocycles. The van der Waals surface area contributed by atoms with Crippen molar-refractivity contribution in [1.82, 2.24) is 4.90 Å². The van der Waals surface area contributed by atoms with Crippen molar-refractivity contribution in [3.63, 3.8) is 0 Å². The minimum absolute atomic E-state index is 0.124. The summed E-state index contributed by atoms with van der Waals surface area (Å²) in [7, 11) is 0. The Kier molecular flexibility index (Phi) is 3.24. The van der Waals surface area contributed by atoms with Crippen molar-refractivity contribution in [1.29, 1.82) is 0 Å². The van der Waals surface area contributed by atoms with Crippen LogP contribution in [0.2, 0.25) is 0 Å². The first-order valence-electron chi connectivity index (χ1n) is 4.60. The van der Waals surface area contributed by atoms with Gasteiger partial charge >= 0.3 is 6.09 Å². The lowest BCUT2D eigenvalue weighted by Crippen LogP contribution is -2.35. The molecule has 5 heteroatoms. The summed E-state index contributed by atoms with van der Waals surface area (Å²) in [6.07, 6.45) is 3.14. The predicted molar refractivity (Wildman–Crippen MR) is 55.6 cm³/mol. The molecular formula is C10H14N2O3. The molecule has 0 atom stereocenters. The normalized spacial score (nSPS) is 15.9. The van der Waals surface area contributed by atoms with Crippen molar-refractivity contribution in [3.05, 3.63) is 12.3 Å². The second-order valence-corrected chi connectivity index (χ2v) is 4.11. The van der Waals surface area contributed by atoms with E-state index in [1.807, 2.05) is 0 Å². The Morgan fingerprint density at radius 2 is 2.27 bits per heavy atom. The zero-order valence-electron chi connectivity index (χ0n) is 9.06. The molecule has 0 unspecified atom stereocenters. The molecule has 0 bridgehead atoms. The van der Waals surface area contributed by atoms with Gasteiger partial charge in [-0.3, -0.25) is 14.7 Å². The zero-order chi connectivity index (χ0) is 11.5. The summed E-state index contributed by atoms with van der Waals surface area (Å²) >= 11 is 0. The molecule has 82 valence electrons. The van der Waals surface area contributed by atoms with Gasteiger partial charge in [0.25, 0.3) is 0 Å². The average Bonchev–Trinajstić information content (AvgIpc) is 2.15. The van der Waals surface area contributed by atoms with Crippen LogP contribution in [0.15, 0.2) is 17.3 Å². The fourth-order valence-corrected chi connectivity index (χ4v) is 0.940. The Hall–Kier alpha value is -1.65. The number of rotatable bonds is 1. The first-order chi connectivity index (χ1) is 6.92. The van der Waals surface area contributed by atoms with Gasteiger partial charge in [0.15, 0.2) is 6.29 Å². The van der Waals surface area contributed by atoms with E-state index < -0.39 is 11.7 Å². The van der Waals surface area contributed by atoms with Crippen LogP contribution in [0.3, 0.4) is 0 Å². The molecule has 1 amide bonds. The fourth-order valence-electron chi connectivity index (χ4n) is 0.940. The van der Waals surface area contributed by atoms with Gasteiger partial charge in [0, 0.05) is 6.20 Å². The van der Waals surface area contributed by atoms with E-state index >= 15 is 0 Å². The quantitative estimate of drug-likeness (QED) is 0.614. The Labute approximate surface area is 88.4 Å². The monoisotopic (exact) mass is 210 g/mol. The number of nitrogens with zero attached hydrogens (tertiary/aromatic N) is 2. The smallest absolute Gasteiger partial charge is 0.415 e. The number of allylic oxidation sites excluding steroid dienone is 1. The standard InChI is InChI=1S/C10H14N2O3/c1-10(2,3)15-9(14)12-5-4-8(6-13)11-7-12/h4-6H,7H2,1-3H3. The third-order valence-corrected chi connectivity index (χ3v) is 1.58. The van der Waals surface area contributed by atoms with Crippen molar-refractivity contribution in [3.8, 4) is 0 Å². The van der Waals surface area contributed by atoms with Crippen LogP contribution in [-0.2, 0) is 9.53 Å². The van der Waals surface area contributed by atoms with E-state index in [-0.39, 0.29) is 6.67 Å². The van der Waals surface area contributed by atoms with E-state index in [4.69, 9.17) is 4.74 Å². The zero-order valence-corrected chi connectivity index (χ0v) is 9.06. The maximum absolute atomic E-state index is 11.5. The highest BCUT2D eigenvalue weighted by Crippen LogP contribution is 2.11. The van der Waals surface area contributed by atoms with Crippen LogP contribution < -0.4 is 0 Å². The van der Waals surface area contributed by atoms with Crippen LogP contribution in [0.1, 0.15) is 20.8 Å². The average molecular weight is 210 g/mol. The maximum atomic E-state index is 11.5. The van der Waals surface area contributed by atoms with Crippen LogP contribution >= 0.6 is 0 Å². The molecule has 0 radical (unpaired) electrons. The molecule has 0 saturated heterocycles. The van der Waals surface area contributed by atoms with Gasteiger partial charge in [-0.05, 0) is 26.8 Å². The minimum atomic E-state index is -0.528. The van der Waals surface area contributed by atoms with Crippen LogP contribution in [0.5, 0.6) is 0 Å². The predicted octanol–water partition coefficient (Wildman–Crippen LogP) is 1.35. The highest BCUT2D eigenvalue weighted by molar-refractivity contribution is 6.33. The van der Waals surface area contributed by atoms with Crippen molar-refractivity contribution in [2.45, 2.75) is 26.4 Å². The highest BCUT2D eigenvalue weighted by atomic mass is 16.6. The lowest BCUT2D eigenvalue weighted by molar-refractivity contribution is -0.102. The fraction of sp³-hybridized carbons (Fsp3) is 0.500. The number of carbonyl (C=O) groups is 2. The second-order valence-electron chi connectivity index (χ2n) is 4.11. The van der Waals surface area contributed by atoms with Gasteiger partial charge in [0.05, 0.1) is 0 Å². The van der Waals surface area contributed by atoms with Gasteiger partial charge in [0.1, 0.15) is 18.0 Å². The number of ether oxygens (including phenoxy) is 1. The SMILES string of the molecule is CC(C)(C)OC(=O)N1C=CC(C=O)=NC1. The maximum Gasteiger partial charge on any atom is 0.415 e. The molecule has 1 rings (SSSR count). The van der Waals surface area contributed by atoms with E-state index in [0.717, 1.165) is 0 Å². The Bertz CT molecular complexity index is 326. The lowest BCUT2D eigenvalue weighted by Gasteiger charge is -2.25. The van der Waals surface area contributed by atoms with Crippen LogP contribution in [-0.4, -0.2) is 35.3 Å². The van der Waals surface area contributed by atoms with E-state index in [1.165, 1.54) is 17.2 Å². The molecule has 0 aromatic rings. The van der Waals surface area contributed by atoms with E-state index in [0.29, 0.717) is 12.0 Å². The Balaban J connectivity index is 2.56. The number of hydrogen-bond acceptors (Lipinski definition) is 4. The van der Waals surface area contributed by atoms with Crippen molar-refractivity contribution < 1.29 is 14.3 Å². The topological polar surface area (TPSA) is 59.0 Å². The highest BCUT2D eigenvalue weighted by Gasteiger charge is 2.21. The molecule has 0 N–H and O–H groups in total. The molecule has 0 saturated carbocycles. The summed E-state index contributed by atoms with van der Waals surface area (Å²) < 4.78 is 5.12. The molecule has 0 spiro atoms. The summed E-state index contributed by atoms with van der Waals surface area (Å²) in [4.78, 5) is 27.0. The van der Waals surface area contributed by atoms with Crippen molar-refractivity contribution in [2.75, 3.05) is 6.67 Å². The number of amides is 1. The van der Waals surface area contributed by atoms with Gasteiger partial charge in [-0.25, -0.2) is 4.79 Å². The van der Waals surface area contributed by atoms with Crippen molar-refractivity contribution >= 4 is 18.1 Å². The van der Waals surface area contributed by atoms with Gasteiger partial charge < -0.3 is 4.74 Å².